The minimum Gasteiger partial charge on any atom is -0.495 e. The maximum atomic E-state index is 13.8. The van der Waals surface area contributed by atoms with Crippen LogP contribution in [-0.2, 0) is 51.1 Å². The molecule has 3 aliphatic rings. The van der Waals surface area contributed by atoms with Gasteiger partial charge in [0.2, 0.25) is 17.7 Å². The molecule has 0 unspecified atom stereocenters. The van der Waals surface area contributed by atoms with E-state index < -0.39 is 47.9 Å². The van der Waals surface area contributed by atoms with Gasteiger partial charge in [0.15, 0.2) is 6.10 Å². The molecule has 2 fully saturated rings. The largest absolute Gasteiger partial charge is 0.495 e. The van der Waals surface area contributed by atoms with Gasteiger partial charge in [0.25, 0.3) is 0 Å². The molecule has 0 radical (unpaired) electrons. The van der Waals surface area contributed by atoms with Crippen LogP contribution in [0, 0.1) is 17.8 Å². The average Bonchev–Trinajstić information content (AvgIpc) is 4.05. The van der Waals surface area contributed by atoms with Crippen LogP contribution in [0.15, 0.2) is 54.6 Å². The minimum absolute atomic E-state index is 0.00667. The number of cyclic esters (lactones) is 2. The van der Waals surface area contributed by atoms with Crippen molar-refractivity contribution >= 4 is 62.8 Å². The fourth-order valence-corrected chi connectivity index (χ4v) is 10.3. The van der Waals surface area contributed by atoms with E-state index in [4.69, 9.17) is 30.5 Å². The maximum absolute atomic E-state index is 13.8. The highest BCUT2D eigenvalue weighted by Crippen LogP contribution is 2.45. The Balaban J connectivity index is 1.23. The van der Waals surface area contributed by atoms with Crippen LogP contribution >= 0.6 is 33.2 Å². The first kappa shape index (κ1) is 50.2. The molecule has 0 aliphatic carbocycles. The zero-order chi connectivity index (χ0) is 45.8. The van der Waals surface area contributed by atoms with Crippen LogP contribution in [0.25, 0.3) is 0 Å². The lowest BCUT2D eigenvalue weighted by atomic mass is 9.93. The molecular weight excluding hydrogens is 864 g/mol. The second kappa shape index (κ2) is 23.4. The van der Waals surface area contributed by atoms with Crippen molar-refractivity contribution in [1.82, 2.24) is 20.4 Å². The molecule has 2 saturated heterocycles. The van der Waals surface area contributed by atoms with Crippen LogP contribution in [0.5, 0.6) is 5.75 Å². The predicted octanol–water partition coefficient (Wildman–Crippen LogP) is 6.95. The zero-order valence-electron chi connectivity index (χ0n) is 37.9. The van der Waals surface area contributed by atoms with E-state index >= 15 is 0 Å². The highest BCUT2D eigenvalue weighted by atomic mass is 35.5. The van der Waals surface area contributed by atoms with Gasteiger partial charge in [-0.2, -0.15) is 0 Å². The van der Waals surface area contributed by atoms with E-state index in [1.54, 1.807) is 42.0 Å². The molecule has 0 saturated carbocycles. The molecule has 2 aromatic rings. The number of rotatable bonds is 15. The number of esters is 2. The molecule has 0 bridgehead atoms. The number of carbonyl (C=O) groups is 5. The normalized spacial score (nSPS) is 25.4. The quantitative estimate of drug-likeness (QED) is 0.108. The fourth-order valence-electron chi connectivity index (χ4n) is 7.81. The van der Waals surface area contributed by atoms with E-state index in [-0.39, 0.29) is 60.5 Å². The van der Waals surface area contributed by atoms with Crippen molar-refractivity contribution in [3.8, 4) is 5.75 Å². The molecule has 3 aliphatic heterocycles. The molecule has 0 spiro atoms. The molecule has 13 nitrogen and oxygen atoms in total. The number of carbonyl (C=O) groups excluding carboxylic acids is 5. The Morgan fingerprint density at radius 1 is 0.984 bits per heavy atom. The Bertz CT molecular complexity index is 1920. The van der Waals surface area contributed by atoms with E-state index in [1.165, 1.54) is 18.7 Å². The highest BCUT2D eigenvalue weighted by molar-refractivity contribution is 8.76. The molecule has 346 valence electrons. The molecular formula is C47H65ClN4O9S2. The Labute approximate surface area is 385 Å². The van der Waals surface area contributed by atoms with Crippen molar-refractivity contribution in [3.05, 3.63) is 76.3 Å². The number of piperazine rings is 1. The first-order chi connectivity index (χ1) is 30.0. The number of hydrogen-bond donors (Lipinski definition) is 2. The summed E-state index contributed by atoms with van der Waals surface area (Å²) in [5.41, 5.74) is 2.87. The molecule has 2 N–H and O–H groups in total. The molecule has 63 heavy (non-hydrogen) atoms. The molecule has 5 rings (SSSR count). The number of nitrogens with zero attached hydrogens (tertiary/aromatic N) is 2. The Morgan fingerprint density at radius 2 is 1.68 bits per heavy atom. The van der Waals surface area contributed by atoms with Crippen molar-refractivity contribution in [2.45, 2.75) is 115 Å². The molecule has 3 heterocycles. The lowest BCUT2D eigenvalue weighted by Crippen LogP contribution is -2.49. The van der Waals surface area contributed by atoms with Gasteiger partial charge in [-0.05, 0) is 73.8 Å². The number of methoxy groups -OCH3 is 1. The molecule has 2 aromatic carbocycles. The second-order valence-electron chi connectivity index (χ2n) is 17.8. The van der Waals surface area contributed by atoms with E-state index in [9.17, 15) is 24.0 Å². The predicted molar refractivity (Wildman–Crippen MR) is 248 cm³/mol. The van der Waals surface area contributed by atoms with Gasteiger partial charge in [0.05, 0.1) is 24.2 Å². The van der Waals surface area contributed by atoms with Crippen molar-refractivity contribution in [2.24, 2.45) is 17.8 Å². The number of benzene rings is 2. The molecule has 16 heteroatoms. The summed E-state index contributed by atoms with van der Waals surface area (Å²) in [7, 11) is 5.06. The smallest absolute Gasteiger partial charge is 0.347 e. The van der Waals surface area contributed by atoms with Gasteiger partial charge in [-0.1, -0.05) is 97.3 Å². The molecule has 0 aromatic heterocycles. The Kier molecular flexibility index (Phi) is 18.7. The Morgan fingerprint density at radius 3 is 2.33 bits per heavy atom. The first-order valence-corrected chi connectivity index (χ1v) is 24.8. The molecule has 3 amide bonds. The fraction of sp³-hybridized carbons (Fsp3) is 0.596. The lowest BCUT2D eigenvalue weighted by molar-refractivity contribution is -0.176. The third-order valence-electron chi connectivity index (χ3n) is 11.7. The SMILES string of the molecule is COc1ccc(C[C@H]2NC(=O)/C=C\C[C@@H]([C@H](C)[C@H]3O[C@@H]3c3ccc(CN4CCN(C(=O)CCC(C)(C)SSC)CC4)cc3)OC(=O)[C@H](CC(C)C)OC(=O)[C@H](C)CNC2=O)cc1Cl. The number of halogens is 1. The number of ether oxygens (including phenoxy) is 4. The van der Waals surface area contributed by atoms with Crippen LogP contribution < -0.4 is 15.4 Å². The van der Waals surface area contributed by atoms with Crippen LogP contribution in [-0.4, -0.2) is 115 Å². The zero-order valence-corrected chi connectivity index (χ0v) is 40.2. The van der Waals surface area contributed by atoms with Gasteiger partial charge in [-0.25, -0.2) is 4.79 Å². The first-order valence-electron chi connectivity index (χ1n) is 21.9. The van der Waals surface area contributed by atoms with Gasteiger partial charge in [-0.15, -0.1) is 0 Å². The van der Waals surface area contributed by atoms with E-state index in [1.807, 2.05) is 36.5 Å². The summed E-state index contributed by atoms with van der Waals surface area (Å²) < 4.78 is 23.5. The third-order valence-corrected chi connectivity index (χ3v) is 14.7. The maximum Gasteiger partial charge on any atom is 0.347 e. The summed E-state index contributed by atoms with van der Waals surface area (Å²) >= 11 is 6.36. The number of nitrogens with one attached hydrogen (secondary N) is 2. The van der Waals surface area contributed by atoms with Gasteiger partial charge in [-0.3, -0.25) is 24.1 Å². The topological polar surface area (TPSA) is 156 Å². The van der Waals surface area contributed by atoms with Crippen LogP contribution in [0.1, 0.15) is 90.0 Å². The number of epoxide rings is 1. The van der Waals surface area contributed by atoms with Gasteiger partial charge in [0, 0.05) is 69.2 Å². The van der Waals surface area contributed by atoms with Crippen LogP contribution in [0.3, 0.4) is 0 Å². The second-order valence-corrected chi connectivity index (χ2v) is 21.3. The summed E-state index contributed by atoms with van der Waals surface area (Å²) in [6.45, 7) is 15.6. The van der Waals surface area contributed by atoms with Gasteiger partial charge < -0.3 is 34.5 Å². The Hall–Kier alpha value is -3.76. The van der Waals surface area contributed by atoms with Crippen LogP contribution in [0.4, 0.5) is 0 Å². The standard InChI is InChI=1S/C47H65ClN4O9S2/c1-29(2)24-39-46(57)59-37(10-9-11-40(53)50-36(44(55)49-27-30(3)45(56)60-39)26-33-14-17-38(58-7)35(48)25-33)31(4)42-43(61-42)34-15-12-32(13-16-34)28-51-20-22-52(23-21-51)41(54)18-19-47(5,6)63-62-8/h9,11-17,25,29-31,36-37,39,42-43H,10,18-24,26-28H2,1-8H3,(H,49,55)(H,50,53)/b11-9-/t30-,31+,36-,37+,39+,42-,43-/m1/s1. The number of amides is 3. The van der Waals surface area contributed by atoms with Gasteiger partial charge in [0.1, 0.15) is 24.0 Å². The van der Waals surface area contributed by atoms with E-state index in [0.29, 0.717) is 22.8 Å². The molecule has 7 atom stereocenters. The lowest BCUT2D eigenvalue weighted by Gasteiger charge is -2.35. The van der Waals surface area contributed by atoms with Crippen molar-refractivity contribution in [2.75, 3.05) is 46.1 Å². The average molecular weight is 930 g/mol. The summed E-state index contributed by atoms with van der Waals surface area (Å²) in [4.78, 5) is 71.2. The van der Waals surface area contributed by atoms with Crippen molar-refractivity contribution in [3.63, 3.8) is 0 Å². The monoisotopic (exact) mass is 928 g/mol. The van der Waals surface area contributed by atoms with Crippen molar-refractivity contribution in [1.29, 1.82) is 0 Å². The van der Waals surface area contributed by atoms with Crippen LogP contribution in [0.2, 0.25) is 5.02 Å². The third kappa shape index (κ3) is 15.2. The summed E-state index contributed by atoms with van der Waals surface area (Å²) in [5, 5.41) is 5.90. The number of hydrogen-bond acceptors (Lipinski definition) is 12. The van der Waals surface area contributed by atoms with E-state index in [2.05, 4.69) is 59.9 Å². The minimum atomic E-state index is -1.16. The highest BCUT2D eigenvalue weighted by Gasteiger charge is 2.48. The summed E-state index contributed by atoms with van der Waals surface area (Å²) in [6, 6.07) is 12.5. The van der Waals surface area contributed by atoms with Crippen molar-refractivity contribution < 1.29 is 42.9 Å². The summed E-state index contributed by atoms with van der Waals surface area (Å²) in [6.07, 6.45) is 4.63. The summed E-state index contributed by atoms with van der Waals surface area (Å²) in [5.74, 6) is -2.71. The van der Waals surface area contributed by atoms with E-state index in [0.717, 1.165) is 44.7 Å². The van der Waals surface area contributed by atoms with Gasteiger partial charge >= 0.3 is 11.9 Å².